The van der Waals surface area contributed by atoms with Gasteiger partial charge in [0, 0.05) is 64.5 Å². The number of likely N-dealkylation sites (tertiary alicyclic amines) is 1. The summed E-state index contributed by atoms with van der Waals surface area (Å²) in [6.45, 7) is 10.2. The molecule has 0 atom stereocenters. The molecule has 1 aromatic rings. The van der Waals surface area contributed by atoms with Crippen LogP contribution in [0, 0.1) is 6.92 Å². The largest absolute Gasteiger partial charge is 0.378 e. The van der Waals surface area contributed by atoms with Crippen molar-refractivity contribution in [3.63, 3.8) is 0 Å². The second-order valence-electron chi connectivity index (χ2n) is 8.01. The van der Waals surface area contributed by atoms with E-state index in [1.54, 1.807) is 0 Å². The van der Waals surface area contributed by atoms with Crippen LogP contribution < -0.4 is 10.6 Å². The molecule has 0 aromatic heterocycles. The molecule has 156 valence electrons. The van der Waals surface area contributed by atoms with Gasteiger partial charge in [0.2, 0.25) is 5.91 Å². The average Bonchev–Trinajstić information content (AvgIpc) is 2.73. The van der Waals surface area contributed by atoms with Gasteiger partial charge in [0.1, 0.15) is 0 Å². The molecule has 0 aliphatic carbocycles. The lowest BCUT2D eigenvalue weighted by Crippen LogP contribution is -2.48. The van der Waals surface area contributed by atoms with Crippen LogP contribution in [-0.2, 0) is 9.53 Å². The lowest BCUT2D eigenvalue weighted by Gasteiger charge is -2.37. The molecular formula is C22H36N4O2. The van der Waals surface area contributed by atoms with Gasteiger partial charge in [-0.15, -0.1) is 0 Å². The van der Waals surface area contributed by atoms with Crippen molar-refractivity contribution in [3.05, 3.63) is 29.8 Å². The van der Waals surface area contributed by atoms with Gasteiger partial charge < -0.3 is 20.3 Å². The minimum Gasteiger partial charge on any atom is -0.378 e. The highest BCUT2D eigenvalue weighted by Crippen LogP contribution is 2.18. The van der Waals surface area contributed by atoms with Crippen LogP contribution in [0.4, 0.5) is 5.69 Å². The number of amides is 1. The van der Waals surface area contributed by atoms with Gasteiger partial charge >= 0.3 is 0 Å². The molecule has 0 radical (unpaired) electrons. The van der Waals surface area contributed by atoms with E-state index >= 15 is 0 Å². The van der Waals surface area contributed by atoms with E-state index in [0.717, 1.165) is 71.7 Å². The fraction of sp³-hybridized carbons (Fsp3) is 0.682. The third-order valence-electron chi connectivity index (χ3n) is 5.88. The van der Waals surface area contributed by atoms with Crippen molar-refractivity contribution in [2.45, 2.75) is 38.7 Å². The van der Waals surface area contributed by atoms with Gasteiger partial charge in [0.05, 0.1) is 6.10 Å². The number of hydrogen-bond acceptors (Lipinski definition) is 5. The van der Waals surface area contributed by atoms with Crippen LogP contribution in [0.25, 0.3) is 0 Å². The van der Waals surface area contributed by atoms with E-state index in [2.05, 4.69) is 41.0 Å². The monoisotopic (exact) mass is 388 g/mol. The first kappa shape index (κ1) is 21.1. The van der Waals surface area contributed by atoms with E-state index < -0.39 is 0 Å². The first-order valence-electron chi connectivity index (χ1n) is 10.8. The number of piperidine rings is 1. The standard InChI is InChI=1S/C22H36N4O2/c1-19-4-2-5-20(18-19)25-15-13-24(14-16-25)10-8-22(27)26-11-6-21(7-12-26)28-17-3-9-23/h2,4-5,18,21H,3,6-17,23H2,1H3. The van der Waals surface area contributed by atoms with Crippen LogP contribution >= 0.6 is 0 Å². The van der Waals surface area contributed by atoms with Gasteiger partial charge in [-0.05, 0) is 50.4 Å². The molecule has 2 fully saturated rings. The van der Waals surface area contributed by atoms with E-state index in [0.29, 0.717) is 25.0 Å². The molecule has 0 bridgehead atoms. The molecule has 6 heteroatoms. The summed E-state index contributed by atoms with van der Waals surface area (Å²) in [6, 6.07) is 8.71. The van der Waals surface area contributed by atoms with E-state index in [1.165, 1.54) is 11.3 Å². The summed E-state index contributed by atoms with van der Waals surface area (Å²) in [5, 5.41) is 0. The Hall–Kier alpha value is -1.63. The Balaban J connectivity index is 1.33. The Kier molecular flexibility index (Phi) is 8.13. The molecular weight excluding hydrogens is 352 g/mol. The quantitative estimate of drug-likeness (QED) is 0.689. The molecule has 2 saturated heterocycles. The average molecular weight is 389 g/mol. The Morgan fingerprint density at radius 3 is 2.57 bits per heavy atom. The highest BCUT2D eigenvalue weighted by Gasteiger charge is 2.24. The minimum atomic E-state index is 0.293. The molecule has 0 spiro atoms. The maximum absolute atomic E-state index is 12.6. The molecule has 1 aromatic carbocycles. The number of piperazine rings is 1. The van der Waals surface area contributed by atoms with Crippen LogP contribution in [0.1, 0.15) is 31.2 Å². The van der Waals surface area contributed by atoms with E-state index in [4.69, 9.17) is 10.5 Å². The fourth-order valence-corrected chi connectivity index (χ4v) is 4.07. The Morgan fingerprint density at radius 2 is 1.89 bits per heavy atom. The predicted octanol–water partition coefficient (Wildman–Crippen LogP) is 1.86. The zero-order valence-electron chi connectivity index (χ0n) is 17.3. The Morgan fingerprint density at radius 1 is 1.14 bits per heavy atom. The molecule has 2 N–H and O–H groups in total. The summed E-state index contributed by atoms with van der Waals surface area (Å²) in [5.41, 5.74) is 8.12. The number of carbonyl (C=O) groups excluding carboxylic acids is 1. The number of anilines is 1. The summed E-state index contributed by atoms with van der Waals surface area (Å²) < 4.78 is 5.83. The SMILES string of the molecule is Cc1cccc(N2CCN(CCC(=O)N3CCC(OCCCN)CC3)CC2)c1. The number of carbonyl (C=O) groups is 1. The molecule has 28 heavy (non-hydrogen) atoms. The molecule has 3 rings (SSSR count). The van der Waals surface area contributed by atoms with Crippen molar-refractivity contribution in [3.8, 4) is 0 Å². The summed E-state index contributed by atoms with van der Waals surface area (Å²) >= 11 is 0. The zero-order valence-corrected chi connectivity index (χ0v) is 17.3. The Bertz CT molecular complexity index is 608. The van der Waals surface area contributed by atoms with Gasteiger partial charge in [-0.25, -0.2) is 0 Å². The van der Waals surface area contributed by atoms with Crippen molar-refractivity contribution < 1.29 is 9.53 Å². The third kappa shape index (κ3) is 6.19. The molecule has 2 heterocycles. The first-order chi connectivity index (χ1) is 13.7. The number of rotatable bonds is 8. The molecule has 2 aliphatic heterocycles. The first-order valence-corrected chi connectivity index (χ1v) is 10.8. The van der Waals surface area contributed by atoms with Crippen molar-refractivity contribution in [1.82, 2.24) is 9.80 Å². The minimum absolute atomic E-state index is 0.293. The zero-order chi connectivity index (χ0) is 19.8. The molecule has 0 unspecified atom stereocenters. The maximum Gasteiger partial charge on any atom is 0.223 e. The second-order valence-corrected chi connectivity index (χ2v) is 8.01. The van der Waals surface area contributed by atoms with Crippen LogP contribution in [0.15, 0.2) is 24.3 Å². The van der Waals surface area contributed by atoms with E-state index in [9.17, 15) is 4.79 Å². The summed E-state index contributed by atoms with van der Waals surface area (Å²) in [7, 11) is 0. The topological polar surface area (TPSA) is 62.0 Å². The molecule has 2 aliphatic rings. The number of benzene rings is 1. The van der Waals surface area contributed by atoms with Gasteiger partial charge in [0.25, 0.3) is 0 Å². The van der Waals surface area contributed by atoms with E-state index in [-0.39, 0.29) is 0 Å². The summed E-state index contributed by atoms with van der Waals surface area (Å²) in [6.07, 6.45) is 3.74. The highest BCUT2D eigenvalue weighted by atomic mass is 16.5. The number of hydrogen-bond donors (Lipinski definition) is 1. The van der Waals surface area contributed by atoms with Gasteiger partial charge in [0.15, 0.2) is 0 Å². The molecule has 1 amide bonds. The number of aryl methyl sites for hydroxylation is 1. The van der Waals surface area contributed by atoms with Crippen molar-refractivity contribution in [2.24, 2.45) is 5.73 Å². The summed E-state index contributed by atoms with van der Waals surface area (Å²) in [4.78, 5) is 19.5. The van der Waals surface area contributed by atoms with Crippen LogP contribution in [0.3, 0.4) is 0 Å². The van der Waals surface area contributed by atoms with Gasteiger partial charge in [-0.2, -0.15) is 0 Å². The number of nitrogens with zero attached hydrogens (tertiary/aromatic N) is 3. The van der Waals surface area contributed by atoms with Crippen molar-refractivity contribution in [2.75, 3.05) is 63.9 Å². The maximum atomic E-state index is 12.6. The molecule has 0 saturated carbocycles. The lowest BCUT2D eigenvalue weighted by atomic mass is 10.1. The lowest BCUT2D eigenvalue weighted by molar-refractivity contribution is -0.134. The van der Waals surface area contributed by atoms with Crippen molar-refractivity contribution >= 4 is 11.6 Å². The predicted molar refractivity (Wildman–Crippen MR) is 114 cm³/mol. The summed E-state index contributed by atoms with van der Waals surface area (Å²) in [5.74, 6) is 0.293. The van der Waals surface area contributed by atoms with Crippen LogP contribution in [-0.4, -0.2) is 80.8 Å². The van der Waals surface area contributed by atoms with E-state index in [1.807, 2.05) is 4.90 Å². The van der Waals surface area contributed by atoms with Gasteiger partial charge in [-0.1, -0.05) is 12.1 Å². The third-order valence-corrected chi connectivity index (χ3v) is 5.88. The normalized spacial score (nSPS) is 19.2. The molecule has 6 nitrogen and oxygen atoms in total. The number of nitrogens with two attached hydrogens (primary N) is 1. The van der Waals surface area contributed by atoms with Gasteiger partial charge in [-0.3, -0.25) is 9.69 Å². The fourth-order valence-electron chi connectivity index (χ4n) is 4.07. The second kappa shape index (κ2) is 10.8. The number of ether oxygens (including phenoxy) is 1. The highest BCUT2D eigenvalue weighted by molar-refractivity contribution is 5.76. The van der Waals surface area contributed by atoms with Crippen LogP contribution in [0.5, 0.6) is 0 Å². The smallest absolute Gasteiger partial charge is 0.223 e. The van der Waals surface area contributed by atoms with Crippen molar-refractivity contribution in [1.29, 1.82) is 0 Å². The van der Waals surface area contributed by atoms with Crippen LogP contribution in [0.2, 0.25) is 0 Å². The Labute approximate surface area is 169 Å².